The van der Waals surface area contributed by atoms with Crippen molar-refractivity contribution in [2.24, 2.45) is 0 Å². The van der Waals surface area contributed by atoms with Gasteiger partial charge in [-0.15, -0.1) is 0 Å². The van der Waals surface area contributed by atoms with Gasteiger partial charge < -0.3 is 0 Å². The fourth-order valence-electron chi connectivity index (χ4n) is 2.10. The molecule has 1 heterocycles. The molecule has 21 heavy (non-hydrogen) atoms. The fourth-order valence-corrected chi connectivity index (χ4v) is 2.67. The van der Waals surface area contributed by atoms with Crippen LogP contribution in [0.2, 0.25) is 5.02 Å². The quantitative estimate of drug-likeness (QED) is 0.686. The minimum absolute atomic E-state index is 0.0450. The van der Waals surface area contributed by atoms with Crippen LogP contribution in [0.1, 0.15) is 5.56 Å². The average Bonchev–Trinajstić information content (AvgIpc) is 2.45. The number of halogens is 3. The predicted octanol–water partition coefficient (Wildman–Crippen LogP) is 4.00. The van der Waals surface area contributed by atoms with Crippen molar-refractivity contribution < 1.29 is 4.39 Å². The first kappa shape index (κ1) is 14.2. The Morgan fingerprint density at radius 1 is 1.29 bits per heavy atom. The van der Waals surface area contributed by atoms with Crippen molar-refractivity contribution in [1.29, 1.82) is 0 Å². The van der Waals surface area contributed by atoms with Crippen molar-refractivity contribution in [3.63, 3.8) is 0 Å². The first-order chi connectivity index (χ1) is 10.1. The van der Waals surface area contributed by atoms with Crippen LogP contribution >= 0.6 is 27.5 Å². The molecule has 0 saturated heterocycles. The number of hydrogen-bond acceptors (Lipinski definition) is 2. The second kappa shape index (κ2) is 5.58. The van der Waals surface area contributed by atoms with E-state index in [9.17, 15) is 9.18 Å². The zero-order chi connectivity index (χ0) is 15.0. The van der Waals surface area contributed by atoms with Crippen LogP contribution in [0.5, 0.6) is 0 Å². The molecule has 0 saturated carbocycles. The maximum atomic E-state index is 13.8. The standard InChI is InChI=1S/C15H9BrClFN2O/c16-9-4-5-10-14(6-9)19-8-20(15(10)21)7-11-12(17)2-1-3-13(11)18/h1-6,8H,7H2. The van der Waals surface area contributed by atoms with Crippen LogP contribution in [0.3, 0.4) is 0 Å². The Balaban J connectivity index is 2.12. The summed E-state index contributed by atoms with van der Waals surface area (Å²) in [4.78, 5) is 16.6. The molecule has 0 bridgehead atoms. The third-order valence-electron chi connectivity index (χ3n) is 3.18. The van der Waals surface area contributed by atoms with E-state index in [4.69, 9.17) is 11.6 Å². The Labute approximate surface area is 133 Å². The molecule has 0 fully saturated rings. The molecule has 0 spiro atoms. The summed E-state index contributed by atoms with van der Waals surface area (Å²) in [5.41, 5.74) is 0.636. The topological polar surface area (TPSA) is 34.9 Å². The summed E-state index contributed by atoms with van der Waals surface area (Å²) >= 11 is 9.32. The summed E-state index contributed by atoms with van der Waals surface area (Å²) in [6.07, 6.45) is 1.40. The molecule has 3 rings (SSSR count). The smallest absolute Gasteiger partial charge is 0.261 e. The zero-order valence-electron chi connectivity index (χ0n) is 10.7. The SMILES string of the molecule is O=c1c2ccc(Br)cc2ncn1Cc1c(F)cccc1Cl. The van der Waals surface area contributed by atoms with Crippen LogP contribution in [0, 0.1) is 5.82 Å². The van der Waals surface area contributed by atoms with Crippen LogP contribution < -0.4 is 5.56 Å². The van der Waals surface area contributed by atoms with Gasteiger partial charge in [0.25, 0.3) is 5.56 Å². The lowest BCUT2D eigenvalue weighted by atomic mass is 10.2. The van der Waals surface area contributed by atoms with E-state index in [1.807, 2.05) is 0 Å². The Hall–Kier alpha value is -1.72. The average molecular weight is 368 g/mol. The van der Waals surface area contributed by atoms with Crippen LogP contribution in [-0.2, 0) is 6.54 Å². The molecule has 0 radical (unpaired) electrons. The van der Waals surface area contributed by atoms with Crippen molar-refractivity contribution in [1.82, 2.24) is 9.55 Å². The molecule has 0 N–H and O–H groups in total. The first-order valence-corrected chi connectivity index (χ1v) is 7.31. The van der Waals surface area contributed by atoms with Crippen molar-refractivity contribution in [3.05, 3.63) is 74.0 Å². The van der Waals surface area contributed by atoms with E-state index < -0.39 is 5.82 Å². The molecule has 3 nitrogen and oxygen atoms in total. The van der Waals surface area contributed by atoms with Gasteiger partial charge in [0.15, 0.2) is 0 Å². The highest BCUT2D eigenvalue weighted by molar-refractivity contribution is 9.10. The number of rotatable bonds is 2. The van der Waals surface area contributed by atoms with E-state index in [1.165, 1.54) is 23.0 Å². The summed E-state index contributed by atoms with van der Waals surface area (Å²) in [5.74, 6) is -0.440. The largest absolute Gasteiger partial charge is 0.294 e. The van der Waals surface area contributed by atoms with Gasteiger partial charge in [-0.05, 0) is 30.3 Å². The Morgan fingerprint density at radius 2 is 2.10 bits per heavy atom. The normalized spacial score (nSPS) is 11.0. The lowest BCUT2D eigenvalue weighted by Gasteiger charge is -2.09. The van der Waals surface area contributed by atoms with E-state index in [0.29, 0.717) is 10.9 Å². The molecule has 6 heteroatoms. The number of aromatic nitrogens is 2. The molecular weight excluding hydrogens is 359 g/mol. The maximum Gasteiger partial charge on any atom is 0.261 e. The van der Waals surface area contributed by atoms with Gasteiger partial charge in [0.2, 0.25) is 0 Å². The zero-order valence-corrected chi connectivity index (χ0v) is 13.0. The number of benzene rings is 2. The lowest BCUT2D eigenvalue weighted by molar-refractivity contribution is 0.595. The van der Waals surface area contributed by atoms with Crippen LogP contribution in [-0.4, -0.2) is 9.55 Å². The summed E-state index contributed by atoms with van der Waals surface area (Å²) in [6, 6.07) is 9.66. The molecular formula is C15H9BrClFN2O. The highest BCUT2D eigenvalue weighted by Crippen LogP contribution is 2.20. The van der Waals surface area contributed by atoms with Crippen molar-refractivity contribution in [2.45, 2.75) is 6.54 Å². The van der Waals surface area contributed by atoms with Crippen molar-refractivity contribution >= 4 is 38.4 Å². The minimum Gasteiger partial charge on any atom is -0.294 e. The molecule has 0 aliphatic heterocycles. The molecule has 0 aliphatic carbocycles. The van der Waals surface area contributed by atoms with Gasteiger partial charge >= 0.3 is 0 Å². The molecule has 2 aromatic carbocycles. The van der Waals surface area contributed by atoms with E-state index in [1.54, 1.807) is 24.3 Å². The number of hydrogen-bond donors (Lipinski definition) is 0. The van der Waals surface area contributed by atoms with Gasteiger partial charge in [-0.2, -0.15) is 0 Å². The Kier molecular flexibility index (Phi) is 3.78. The minimum atomic E-state index is -0.440. The van der Waals surface area contributed by atoms with E-state index in [-0.39, 0.29) is 22.7 Å². The van der Waals surface area contributed by atoms with Crippen LogP contribution in [0.4, 0.5) is 4.39 Å². The second-order valence-corrected chi connectivity index (χ2v) is 5.86. The monoisotopic (exact) mass is 366 g/mol. The molecule has 0 atom stereocenters. The molecule has 106 valence electrons. The molecule has 0 aliphatic rings. The van der Waals surface area contributed by atoms with E-state index in [2.05, 4.69) is 20.9 Å². The fraction of sp³-hybridized carbons (Fsp3) is 0.0667. The third-order valence-corrected chi connectivity index (χ3v) is 4.02. The van der Waals surface area contributed by atoms with E-state index >= 15 is 0 Å². The van der Waals surface area contributed by atoms with Crippen LogP contribution in [0.25, 0.3) is 10.9 Å². The van der Waals surface area contributed by atoms with Gasteiger partial charge in [-0.3, -0.25) is 9.36 Å². The number of nitrogens with zero attached hydrogens (tertiary/aromatic N) is 2. The summed E-state index contributed by atoms with van der Waals surface area (Å²) in [6.45, 7) is 0.0450. The first-order valence-electron chi connectivity index (χ1n) is 6.14. The van der Waals surface area contributed by atoms with Gasteiger partial charge in [0.1, 0.15) is 5.82 Å². The molecule has 3 aromatic rings. The second-order valence-electron chi connectivity index (χ2n) is 4.54. The van der Waals surface area contributed by atoms with Gasteiger partial charge in [0, 0.05) is 15.1 Å². The molecule has 0 amide bonds. The van der Waals surface area contributed by atoms with Crippen LogP contribution in [0.15, 0.2) is 52.0 Å². The van der Waals surface area contributed by atoms with Crippen molar-refractivity contribution in [3.8, 4) is 0 Å². The third kappa shape index (κ3) is 2.71. The summed E-state index contributed by atoms with van der Waals surface area (Å²) < 4.78 is 16.0. The molecule has 1 aromatic heterocycles. The van der Waals surface area contributed by atoms with Crippen molar-refractivity contribution in [2.75, 3.05) is 0 Å². The molecule has 0 unspecified atom stereocenters. The predicted molar refractivity (Wildman–Crippen MR) is 84.2 cm³/mol. The number of fused-ring (bicyclic) bond motifs is 1. The summed E-state index contributed by atoms with van der Waals surface area (Å²) in [7, 11) is 0. The highest BCUT2D eigenvalue weighted by atomic mass is 79.9. The summed E-state index contributed by atoms with van der Waals surface area (Å²) in [5, 5.41) is 0.769. The Bertz CT molecular complexity index is 874. The van der Waals surface area contributed by atoms with E-state index in [0.717, 1.165) is 4.47 Å². The Morgan fingerprint density at radius 3 is 2.86 bits per heavy atom. The van der Waals surface area contributed by atoms with Gasteiger partial charge in [0.05, 0.1) is 23.8 Å². The maximum absolute atomic E-state index is 13.8. The van der Waals surface area contributed by atoms with Gasteiger partial charge in [-0.25, -0.2) is 9.37 Å². The highest BCUT2D eigenvalue weighted by Gasteiger charge is 2.10. The lowest BCUT2D eigenvalue weighted by Crippen LogP contribution is -2.21. The van der Waals surface area contributed by atoms with Gasteiger partial charge in [-0.1, -0.05) is 33.6 Å².